The van der Waals surface area contributed by atoms with Gasteiger partial charge < -0.3 is 5.32 Å². The van der Waals surface area contributed by atoms with Crippen molar-refractivity contribution in [3.05, 3.63) is 64.9 Å². The maximum absolute atomic E-state index is 13.3. The number of carbonyl (C=O) groups excluding carboxylic acids is 2. The predicted molar refractivity (Wildman–Crippen MR) is 77.5 cm³/mol. The number of anilines is 1. The maximum atomic E-state index is 13.3. The van der Waals surface area contributed by atoms with Gasteiger partial charge in [0.1, 0.15) is 5.82 Å². The van der Waals surface area contributed by atoms with Crippen molar-refractivity contribution in [1.29, 1.82) is 0 Å². The summed E-state index contributed by atoms with van der Waals surface area (Å²) in [6, 6.07) is 11.2. The summed E-state index contributed by atoms with van der Waals surface area (Å²) in [5.41, 5.74) is 4.56. The minimum Gasteiger partial charge on any atom is -0.307 e. The van der Waals surface area contributed by atoms with Gasteiger partial charge in [0.25, 0.3) is 5.91 Å². The van der Waals surface area contributed by atoms with Gasteiger partial charge in [0.2, 0.25) is 0 Å². The topological polar surface area (TPSA) is 70.2 Å². The number of urea groups is 1. The SMILES string of the molecule is O=C(NNC(=O)c1ccccc1F)Nc1ccc(Cl)cc1. The van der Waals surface area contributed by atoms with Crippen molar-refractivity contribution in [2.24, 2.45) is 0 Å². The second-order valence-corrected chi connectivity index (χ2v) is 4.46. The van der Waals surface area contributed by atoms with Crippen molar-refractivity contribution in [3.63, 3.8) is 0 Å². The lowest BCUT2D eigenvalue weighted by Gasteiger charge is -2.09. The average molecular weight is 308 g/mol. The molecule has 0 aliphatic heterocycles. The van der Waals surface area contributed by atoms with Gasteiger partial charge in [-0.1, -0.05) is 23.7 Å². The van der Waals surface area contributed by atoms with E-state index in [9.17, 15) is 14.0 Å². The van der Waals surface area contributed by atoms with Crippen molar-refractivity contribution < 1.29 is 14.0 Å². The highest BCUT2D eigenvalue weighted by atomic mass is 35.5. The summed E-state index contributed by atoms with van der Waals surface area (Å²) >= 11 is 5.71. The third kappa shape index (κ3) is 4.19. The van der Waals surface area contributed by atoms with Crippen LogP contribution in [0.2, 0.25) is 5.02 Å². The number of rotatable bonds is 2. The van der Waals surface area contributed by atoms with Gasteiger partial charge in [-0.25, -0.2) is 14.6 Å². The van der Waals surface area contributed by atoms with Crippen molar-refractivity contribution in [3.8, 4) is 0 Å². The van der Waals surface area contributed by atoms with Gasteiger partial charge in [-0.2, -0.15) is 0 Å². The van der Waals surface area contributed by atoms with Crippen molar-refractivity contribution in [2.45, 2.75) is 0 Å². The van der Waals surface area contributed by atoms with Crippen LogP contribution in [0.25, 0.3) is 0 Å². The normalized spacial score (nSPS) is 9.81. The molecule has 0 unspecified atom stereocenters. The summed E-state index contributed by atoms with van der Waals surface area (Å²) < 4.78 is 13.3. The summed E-state index contributed by atoms with van der Waals surface area (Å²) in [5.74, 6) is -1.42. The van der Waals surface area contributed by atoms with E-state index in [1.165, 1.54) is 18.2 Å². The zero-order chi connectivity index (χ0) is 15.2. The minimum absolute atomic E-state index is 0.163. The number of hydrogen-bond acceptors (Lipinski definition) is 2. The van der Waals surface area contributed by atoms with Gasteiger partial charge in [-0.3, -0.25) is 10.2 Å². The first-order valence-corrected chi connectivity index (χ1v) is 6.31. The molecule has 0 saturated carbocycles. The highest BCUT2D eigenvalue weighted by Crippen LogP contribution is 2.13. The van der Waals surface area contributed by atoms with Crippen LogP contribution in [-0.2, 0) is 0 Å². The summed E-state index contributed by atoms with van der Waals surface area (Å²) in [4.78, 5) is 23.2. The molecule has 0 radical (unpaired) electrons. The molecular weight excluding hydrogens is 297 g/mol. The molecule has 0 bridgehead atoms. The molecule has 0 heterocycles. The second-order valence-electron chi connectivity index (χ2n) is 4.02. The van der Waals surface area contributed by atoms with E-state index in [-0.39, 0.29) is 5.56 Å². The Balaban J connectivity index is 1.88. The molecule has 7 heteroatoms. The number of halogens is 2. The molecular formula is C14H11ClFN3O2. The number of nitrogens with one attached hydrogen (secondary N) is 3. The van der Waals surface area contributed by atoms with E-state index in [0.717, 1.165) is 6.07 Å². The van der Waals surface area contributed by atoms with Crippen LogP contribution in [0.1, 0.15) is 10.4 Å². The number of hydrazine groups is 1. The van der Waals surface area contributed by atoms with Gasteiger partial charge in [-0.15, -0.1) is 0 Å². The molecule has 0 aromatic heterocycles. The highest BCUT2D eigenvalue weighted by Gasteiger charge is 2.11. The first-order valence-electron chi connectivity index (χ1n) is 5.93. The third-order valence-corrected chi connectivity index (χ3v) is 2.76. The molecule has 2 aromatic carbocycles. The van der Waals surface area contributed by atoms with Crippen molar-refractivity contribution in [1.82, 2.24) is 10.9 Å². The smallest absolute Gasteiger partial charge is 0.307 e. The van der Waals surface area contributed by atoms with E-state index in [2.05, 4.69) is 16.2 Å². The molecule has 0 atom stereocenters. The van der Waals surface area contributed by atoms with Crippen LogP contribution in [0.3, 0.4) is 0 Å². The molecule has 0 aliphatic carbocycles. The molecule has 0 aliphatic rings. The summed E-state index contributed by atoms with van der Waals surface area (Å²) in [7, 11) is 0. The molecule has 5 nitrogen and oxygen atoms in total. The molecule has 0 spiro atoms. The van der Waals surface area contributed by atoms with Gasteiger partial charge in [-0.05, 0) is 36.4 Å². The van der Waals surface area contributed by atoms with Gasteiger partial charge in [0, 0.05) is 10.7 Å². The van der Waals surface area contributed by atoms with E-state index in [0.29, 0.717) is 10.7 Å². The minimum atomic E-state index is -0.751. The Morgan fingerprint density at radius 1 is 0.952 bits per heavy atom. The second kappa shape index (κ2) is 6.71. The number of carbonyl (C=O) groups is 2. The summed E-state index contributed by atoms with van der Waals surface area (Å²) in [6.07, 6.45) is 0. The zero-order valence-electron chi connectivity index (χ0n) is 10.7. The Bertz CT molecular complexity index is 662. The largest absolute Gasteiger partial charge is 0.337 e. The Morgan fingerprint density at radius 3 is 2.29 bits per heavy atom. The fourth-order valence-corrected chi connectivity index (χ4v) is 1.65. The van der Waals surface area contributed by atoms with Crippen LogP contribution in [0, 0.1) is 5.82 Å². The van der Waals surface area contributed by atoms with Crippen LogP contribution < -0.4 is 16.2 Å². The Morgan fingerprint density at radius 2 is 1.62 bits per heavy atom. The highest BCUT2D eigenvalue weighted by molar-refractivity contribution is 6.30. The van der Waals surface area contributed by atoms with Gasteiger partial charge >= 0.3 is 6.03 Å². The van der Waals surface area contributed by atoms with E-state index < -0.39 is 17.8 Å². The maximum Gasteiger partial charge on any atom is 0.337 e. The van der Waals surface area contributed by atoms with Crippen molar-refractivity contribution >= 4 is 29.2 Å². The Hall–Kier alpha value is -2.60. The average Bonchev–Trinajstić information content (AvgIpc) is 2.48. The number of hydrogen-bond donors (Lipinski definition) is 3. The lowest BCUT2D eigenvalue weighted by atomic mass is 10.2. The summed E-state index contributed by atoms with van der Waals surface area (Å²) in [6.45, 7) is 0. The van der Waals surface area contributed by atoms with Crippen LogP contribution in [0.15, 0.2) is 48.5 Å². The molecule has 108 valence electrons. The lowest BCUT2D eigenvalue weighted by Crippen LogP contribution is -2.44. The molecule has 0 saturated heterocycles. The first kappa shape index (κ1) is 14.8. The number of benzene rings is 2. The van der Waals surface area contributed by atoms with E-state index in [1.807, 2.05) is 0 Å². The molecule has 2 rings (SSSR count). The van der Waals surface area contributed by atoms with Crippen LogP contribution >= 0.6 is 11.6 Å². The quantitative estimate of drug-likeness (QED) is 0.747. The van der Waals surface area contributed by atoms with Gasteiger partial charge in [0.15, 0.2) is 0 Å². The molecule has 0 fully saturated rings. The summed E-state index contributed by atoms with van der Waals surface area (Å²) in [5, 5.41) is 3.01. The zero-order valence-corrected chi connectivity index (χ0v) is 11.4. The van der Waals surface area contributed by atoms with E-state index in [1.54, 1.807) is 24.3 Å². The monoisotopic (exact) mass is 307 g/mol. The standard InChI is InChI=1S/C14H11ClFN3O2/c15-9-5-7-10(8-6-9)17-14(21)19-18-13(20)11-3-1-2-4-12(11)16/h1-8H,(H,18,20)(H2,17,19,21). The van der Waals surface area contributed by atoms with E-state index in [4.69, 9.17) is 11.6 Å². The molecule has 2 aromatic rings. The van der Waals surface area contributed by atoms with E-state index >= 15 is 0 Å². The van der Waals surface area contributed by atoms with Crippen LogP contribution in [0.5, 0.6) is 0 Å². The predicted octanol–water partition coefficient (Wildman–Crippen LogP) is 2.95. The lowest BCUT2D eigenvalue weighted by molar-refractivity contribution is 0.0934. The Labute approximate surface area is 125 Å². The first-order chi connectivity index (χ1) is 10.1. The van der Waals surface area contributed by atoms with Crippen LogP contribution in [-0.4, -0.2) is 11.9 Å². The van der Waals surface area contributed by atoms with Crippen LogP contribution in [0.4, 0.5) is 14.9 Å². The van der Waals surface area contributed by atoms with Crippen molar-refractivity contribution in [2.75, 3.05) is 5.32 Å². The molecule has 3 amide bonds. The molecule has 21 heavy (non-hydrogen) atoms. The Kier molecular flexibility index (Phi) is 4.73. The van der Waals surface area contributed by atoms with Gasteiger partial charge in [0.05, 0.1) is 5.56 Å². The molecule has 3 N–H and O–H groups in total. The number of amides is 3. The fourth-order valence-electron chi connectivity index (χ4n) is 1.52. The third-order valence-electron chi connectivity index (χ3n) is 2.51. The fraction of sp³-hybridized carbons (Fsp3) is 0.